The van der Waals surface area contributed by atoms with Gasteiger partial charge in [0.1, 0.15) is 11.3 Å². The first-order chi connectivity index (χ1) is 19.2. The molecule has 0 spiro atoms. The van der Waals surface area contributed by atoms with Gasteiger partial charge in [-0.2, -0.15) is 5.10 Å². The molecule has 5 aromatic rings. The normalized spacial score (nSPS) is 16.1. The molecule has 4 heterocycles. The van der Waals surface area contributed by atoms with Crippen molar-refractivity contribution in [2.24, 2.45) is 0 Å². The van der Waals surface area contributed by atoms with E-state index in [0.717, 1.165) is 57.4 Å². The lowest BCUT2D eigenvalue weighted by Gasteiger charge is -2.23. The van der Waals surface area contributed by atoms with E-state index < -0.39 is 20.4 Å². The van der Waals surface area contributed by atoms with Crippen molar-refractivity contribution in [1.29, 1.82) is 0 Å². The molecule has 1 fully saturated rings. The van der Waals surface area contributed by atoms with Gasteiger partial charge in [0.25, 0.3) is 0 Å². The summed E-state index contributed by atoms with van der Waals surface area (Å²) in [5.74, 6) is 0. The van der Waals surface area contributed by atoms with Crippen LogP contribution in [0.4, 0.5) is 4.79 Å². The summed E-state index contributed by atoms with van der Waals surface area (Å²) in [6.07, 6.45) is 7.94. The van der Waals surface area contributed by atoms with Crippen LogP contribution in [0.1, 0.15) is 51.8 Å². The van der Waals surface area contributed by atoms with Crippen molar-refractivity contribution in [2.75, 3.05) is 6.61 Å². The Hall–Kier alpha value is -3.96. The molecule has 3 aromatic heterocycles. The molecule has 11 heteroatoms. The van der Waals surface area contributed by atoms with Crippen LogP contribution in [0.2, 0.25) is 6.55 Å². The van der Waals surface area contributed by atoms with Crippen molar-refractivity contribution in [3.05, 3.63) is 60.6 Å². The van der Waals surface area contributed by atoms with E-state index in [1.54, 1.807) is 17.4 Å². The number of aromatic nitrogens is 6. The maximum absolute atomic E-state index is 12.7. The number of hydrogen-bond acceptors (Lipinski definition) is 7. The molecule has 0 N–H and O–H groups in total. The van der Waals surface area contributed by atoms with Crippen LogP contribution in [0.25, 0.3) is 33.1 Å². The molecule has 10 nitrogen and oxygen atoms in total. The van der Waals surface area contributed by atoms with Gasteiger partial charge in [0, 0.05) is 29.1 Å². The number of hydrogen-bond donors (Lipinski definition) is 0. The fraction of sp³-hybridized carbons (Fsp3) is 0.379. The highest BCUT2D eigenvalue weighted by atomic mass is 28.3. The van der Waals surface area contributed by atoms with Crippen molar-refractivity contribution in [1.82, 2.24) is 29.3 Å². The molecule has 40 heavy (non-hydrogen) atoms. The highest BCUT2D eigenvalue weighted by molar-refractivity contribution is 6.58. The fourth-order valence-electron chi connectivity index (χ4n) is 5.14. The zero-order valence-electron chi connectivity index (χ0n) is 23.1. The van der Waals surface area contributed by atoms with Gasteiger partial charge in [0.15, 0.2) is 6.23 Å². The lowest BCUT2D eigenvalue weighted by Crippen LogP contribution is -2.26. The highest BCUT2D eigenvalue weighted by Gasteiger charge is 2.23. The van der Waals surface area contributed by atoms with Crippen LogP contribution in [0.3, 0.4) is 0 Å². The van der Waals surface area contributed by atoms with Crippen LogP contribution < -0.4 is 5.19 Å². The van der Waals surface area contributed by atoms with Crippen LogP contribution in [0, 0.1) is 0 Å². The SMILES string of the molecule is C[Si](=O)c1cc(-c2cn(Cc3ccc4ccn(C(=O)OC(C)(C)C)c4c3)nn2)c2cnn(C3CCCCO3)c2c1. The molecule has 6 rings (SSSR count). The number of fused-ring (bicyclic) bond motifs is 2. The van der Waals surface area contributed by atoms with Gasteiger partial charge in [0.2, 0.25) is 0 Å². The summed E-state index contributed by atoms with van der Waals surface area (Å²) in [5.41, 5.74) is 3.56. The van der Waals surface area contributed by atoms with Crippen molar-refractivity contribution < 1.29 is 18.7 Å². The van der Waals surface area contributed by atoms with Gasteiger partial charge < -0.3 is 13.9 Å². The largest absolute Gasteiger partial charge is 0.443 e. The van der Waals surface area contributed by atoms with Gasteiger partial charge in [-0.05, 0) is 81.6 Å². The van der Waals surface area contributed by atoms with Gasteiger partial charge in [-0.25, -0.2) is 14.2 Å². The standard InChI is InChI=1S/C29H32N6O4Si/c1-29(2,3)39-28(36)34-11-10-20-9-8-19(13-25(20)34)17-33-18-24(31-32-33)22-14-21(40(4)37)15-26-23(22)16-30-35(26)27-7-5-6-12-38-27/h8-11,13-16,18,27H,5-7,12,17H2,1-4H3. The maximum Gasteiger partial charge on any atom is 0.418 e. The summed E-state index contributed by atoms with van der Waals surface area (Å²) in [6.45, 7) is 8.47. The summed E-state index contributed by atoms with van der Waals surface area (Å²) in [5, 5.41) is 16.1. The smallest absolute Gasteiger partial charge is 0.418 e. The second kappa shape index (κ2) is 10.2. The first kappa shape index (κ1) is 26.3. The van der Waals surface area contributed by atoms with Crippen molar-refractivity contribution in [3.63, 3.8) is 0 Å². The maximum atomic E-state index is 12.7. The number of benzene rings is 2. The summed E-state index contributed by atoms with van der Waals surface area (Å²) in [6, 6.07) is 11.8. The summed E-state index contributed by atoms with van der Waals surface area (Å²) in [4.78, 5) is 12.7. The van der Waals surface area contributed by atoms with E-state index in [1.807, 2.05) is 74.2 Å². The van der Waals surface area contributed by atoms with E-state index in [1.165, 1.54) is 4.57 Å². The molecule has 1 atom stereocenters. The Labute approximate surface area is 233 Å². The molecule has 0 bridgehead atoms. The van der Waals surface area contributed by atoms with Gasteiger partial charge in [0.05, 0.1) is 30.0 Å². The zero-order valence-corrected chi connectivity index (χ0v) is 24.1. The van der Waals surface area contributed by atoms with Gasteiger partial charge in [-0.15, -0.1) is 5.10 Å². The monoisotopic (exact) mass is 556 g/mol. The molecule has 206 valence electrons. The second-order valence-electron chi connectivity index (χ2n) is 11.3. The average molecular weight is 557 g/mol. The molecular formula is C29H32N6O4Si. The lowest BCUT2D eigenvalue weighted by atomic mass is 10.1. The van der Waals surface area contributed by atoms with E-state index in [4.69, 9.17) is 9.47 Å². The number of carbonyl (C=O) groups excluding carboxylic acids is 1. The molecule has 0 amide bonds. The van der Waals surface area contributed by atoms with E-state index in [-0.39, 0.29) is 6.23 Å². The minimum absolute atomic E-state index is 0.126. The second-order valence-corrected chi connectivity index (χ2v) is 13.0. The lowest BCUT2D eigenvalue weighted by molar-refractivity contribution is -0.0366. The summed E-state index contributed by atoms with van der Waals surface area (Å²) >= 11 is 0. The van der Waals surface area contributed by atoms with Crippen molar-refractivity contribution >= 4 is 41.8 Å². The van der Waals surface area contributed by atoms with Crippen LogP contribution >= 0.6 is 0 Å². The highest BCUT2D eigenvalue weighted by Crippen LogP contribution is 2.31. The molecule has 0 aliphatic carbocycles. The first-order valence-corrected chi connectivity index (χ1v) is 15.4. The van der Waals surface area contributed by atoms with Crippen LogP contribution in [-0.2, 0) is 20.5 Å². The number of nitrogens with zero attached hydrogens (tertiary/aromatic N) is 6. The Morgan fingerprint density at radius 2 is 2.00 bits per heavy atom. The van der Waals surface area contributed by atoms with Crippen molar-refractivity contribution in [3.8, 4) is 11.3 Å². The van der Waals surface area contributed by atoms with Gasteiger partial charge in [-0.1, -0.05) is 17.3 Å². The summed E-state index contributed by atoms with van der Waals surface area (Å²) < 4.78 is 29.4. The number of carbonyl (C=O) groups is 1. The number of rotatable bonds is 5. The predicted molar refractivity (Wildman–Crippen MR) is 152 cm³/mol. The van der Waals surface area contributed by atoms with Gasteiger partial charge in [-0.3, -0.25) is 4.57 Å². The average Bonchev–Trinajstić information content (AvgIpc) is 3.66. The molecule has 1 aliphatic rings. The topological polar surface area (TPSA) is 106 Å². The Morgan fingerprint density at radius 1 is 1.15 bits per heavy atom. The van der Waals surface area contributed by atoms with E-state index >= 15 is 0 Å². The molecule has 1 unspecified atom stereocenters. The third-order valence-corrected chi connectivity index (χ3v) is 8.16. The first-order valence-electron chi connectivity index (χ1n) is 13.5. The van der Waals surface area contributed by atoms with E-state index in [2.05, 4.69) is 15.4 Å². The Morgan fingerprint density at radius 3 is 2.75 bits per heavy atom. The minimum Gasteiger partial charge on any atom is -0.443 e. The minimum atomic E-state index is -1.96. The Kier molecular flexibility index (Phi) is 6.71. The fourth-order valence-corrected chi connectivity index (χ4v) is 5.82. The van der Waals surface area contributed by atoms with Crippen LogP contribution in [-0.4, -0.2) is 56.3 Å². The molecule has 1 saturated heterocycles. The molecule has 1 aliphatic heterocycles. The van der Waals surface area contributed by atoms with E-state index in [0.29, 0.717) is 18.8 Å². The third-order valence-electron chi connectivity index (χ3n) is 7.06. The molecule has 0 radical (unpaired) electrons. The molecular weight excluding hydrogens is 524 g/mol. The van der Waals surface area contributed by atoms with Gasteiger partial charge >= 0.3 is 14.8 Å². The number of ether oxygens (including phenoxy) is 2. The molecule has 2 aromatic carbocycles. The Balaban J connectivity index is 1.32. The molecule has 0 saturated carbocycles. The van der Waals surface area contributed by atoms with Crippen LogP contribution in [0.5, 0.6) is 0 Å². The van der Waals surface area contributed by atoms with Crippen molar-refractivity contribution in [2.45, 2.75) is 65.0 Å². The van der Waals surface area contributed by atoms with E-state index in [9.17, 15) is 9.26 Å². The summed E-state index contributed by atoms with van der Waals surface area (Å²) in [7, 11) is -1.96. The van der Waals surface area contributed by atoms with Crippen LogP contribution in [0.15, 0.2) is 55.0 Å². The predicted octanol–water partition coefficient (Wildman–Crippen LogP) is 5.04. The quantitative estimate of drug-likeness (QED) is 0.279. The Bertz CT molecular complexity index is 1740. The third kappa shape index (κ3) is 5.14. The zero-order chi connectivity index (χ0) is 28.0.